The monoisotopic (exact) mass is 470 g/mol. The van der Waals surface area contributed by atoms with Gasteiger partial charge in [-0.1, -0.05) is 74.5 Å². The summed E-state index contributed by atoms with van der Waals surface area (Å²) in [6.45, 7) is 7.38. The van der Waals surface area contributed by atoms with Crippen LogP contribution in [0.4, 0.5) is 0 Å². The highest BCUT2D eigenvalue weighted by Crippen LogP contribution is 2.36. The van der Waals surface area contributed by atoms with Gasteiger partial charge in [0.25, 0.3) is 5.91 Å². The third kappa shape index (κ3) is 5.42. The highest BCUT2D eigenvalue weighted by molar-refractivity contribution is 8.18. The average molecular weight is 471 g/mol. The number of nitrogens with zero attached hydrogens (tertiary/aromatic N) is 2. The molecule has 34 heavy (non-hydrogen) atoms. The van der Waals surface area contributed by atoms with Crippen LogP contribution in [-0.4, -0.2) is 23.1 Å². The summed E-state index contributed by atoms with van der Waals surface area (Å²) >= 11 is 1.45. The SMILES string of the molecule is COc1cc(C)c(/C=C2\SC(=NCc3ccccc3)N(Cc3ccccc3)C2=O)cc1C(C)C. The van der Waals surface area contributed by atoms with Gasteiger partial charge < -0.3 is 4.74 Å². The molecule has 0 unspecified atom stereocenters. The predicted octanol–water partition coefficient (Wildman–Crippen LogP) is 6.80. The van der Waals surface area contributed by atoms with Crippen molar-refractivity contribution in [2.24, 2.45) is 4.99 Å². The highest BCUT2D eigenvalue weighted by atomic mass is 32.2. The number of hydrogen-bond acceptors (Lipinski definition) is 4. The van der Waals surface area contributed by atoms with Crippen LogP contribution < -0.4 is 4.74 Å². The summed E-state index contributed by atoms with van der Waals surface area (Å²) in [5.74, 6) is 1.19. The number of carbonyl (C=O) groups excluding carboxylic acids is 1. The first-order valence-electron chi connectivity index (χ1n) is 11.5. The molecule has 0 N–H and O–H groups in total. The Labute approximate surface area is 206 Å². The molecule has 4 rings (SSSR count). The van der Waals surface area contributed by atoms with Crippen molar-refractivity contribution in [2.75, 3.05) is 7.11 Å². The summed E-state index contributed by atoms with van der Waals surface area (Å²) in [5.41, 5.74) is 5.44. The number of aryl methyl sites for hydroxylation is 1. The van der Waals surface area contributed by atoms with E-state index in [0.29, 0.717) is 23.9 Å². The number of thioether (sulfide) groups is 1. The molecular formula is C29H30N2O2S. The first kappa shape index (κ1) is 23.8. The molecule has 1 saturated heterocycles. The fourth-order valence-corrected chi connectivity index (χ4v) is 4.88. The summed E-state index contributed by atoms with van der Waals surface area (Å²) < 4.78 is 5.59. The molecule has 1 aliphatic heterocycles. The van der Waals surface area contributed by atoms with E-state index in [4.69, 9.17) is 9.73 Å². The summed E-state index contributed by atoms with van der Waals surface area (Å²) in [6.07, 6.45) is 2.00. The maximum absolute atomic E-state index is 13.5. The van der Waals surface area contributed by atoms with Crippen molar-refractivity contribution in [2.45, 2.75) is 39.8 Å². The van der Waals surface area contributed by atoms with Gasteiger partial charge in [0.1, 0.15) is 5.75 Å². The lowest BCUT2D eigenvalue weighted by atomic mass is 9.96. The Kier molecular flexibility index (Phi) is 7.53. The predicted molar refractivity (Wildman–Crippen MR) is 142 cm³/mol. The summed E-state index contributed by atoms with van der Waals surface area (Å²) in [4.78, 5) is 20.8. The van der Waals surface area contributed by atoms with Crippen molar-refractivity contribution < 1.29 is 9.53 Å². The molecule has 1 heterocycles. The molecule has 0 radical (unpaired) electrons. The largest absolute Gasteiger partial charge is 0.496 e. The quantitative estimate of drug-likeness (QED) is 0.357. The van der Waals surface area contributed by atoms with Gasteiger partial charge in [-0.15, -0.1) is 0 Å². The Balaban J connectivity index is 1.69. The minimum atomic E-state index is -0.0121. The Morgan fingerprint density at radius 2 is 1.65 bits per heavy atom. The van der Waals surface area contributed by atoms with Crippen molar-refractivity contribution in [1.82, 2.24) is 4.90 Å². The summed E-state index contributed by atoms with van der Waals surface area (Å²) in [7, 11) is 1.70. The number of rotatable bonds is 7. The molecule has 1 aliphatic rings. The van der Waals surface area contributed by atoms with Crippen LogP contribution in [0.1, 0.15) is 47.6 Å². The van der Waals surface area contributed by atoms with E-state index in [1.165, 1.54) is 11.8 Å². The Morgan fingerprint density at radius 1 is 1.00 bits per heavy atom. The first-order chi connectivity index (χ1) is 16.5. The van der Waals surface area contributed by atoms with Crippen LogP contribution in [0, 0.1) is 6.92 Å². The molecule has 0 aromatic heterocycles. The first-order valence-corrected chi connectivity index (χ1v) is 12.3. The van der Waals surface area contributed by atoms with Gasteiger partial charge >= 0.3 is 0 Å². The molecule has 0 bridgehead atoms. The zero-order chi connectivity index (χ0) is 24.1. The van der Waals surface area contributed by atoms with E-state index in [2.05, 4.69) is 45.0 Å². The second-order valence-electron chi connectivity index (χ2n) is 8.68. The molecule has 0 aliphatic carbocycles. The smallest absolute Gasteiger partial charge is 0.267 e. The van der Waals surface area contributed by atoms with Gasteiger partial charge in [0.15, 0.2) is 5.17 Å². The Hall–Kier alpha value is -3.31. The third-order valence-electron chi connectivity index (χ3n) is 5.84. The fourth-order valence-electron chi connectivity index (χ4n) is 3.91. The molecule has 1 amide bonds. The Morgan fingerprint density at radius 3 is 2.26 bits per heavy atom. The molecular weight excluding hydrogens is 440 g/mol. The Bertz CT molecular complexity index is 1220. The van der Waals surface area contributed by atoms with Crippen molar-refractivity contribution in [1.29, 1.82) is 0 Å². The lowest BCUT2D eigenvalue weighted by Gasteiger charge is -2.16. The normalized spacial score (nSPS) is 16.1. The van der Waals surface area contributed by atoms with Crippen LogP contribution in [0.3, 0.4) is 0 Å². The second-order valence-corrected chi connectivity index (χ2v) is 9.69. The van der Waals surface area contributed by atoms with Crippen LogP contribution >= 0.6 is 11.8 Å². The number of amidine groups is 1. The van der Waals surface area contributed by atoms with E-state index >= 15 is 0 Å². The summed E-state index contributed by atoms with van der Waals surface area (Å²) in [6, 6.07) is 24.4. The van der Waals surface area contributed by atoms with Crippen molar-refractivity contribution in [3.8, 4) is 5.75 Å². The maximum atomic E-state index is 13.5. The van der Waals surface area contributed by atoms with Crippen LogP contribution in [0.15, 0.2) is 82.7 Å². The van der Waals surface area contributed by atoms with Crippen molar-refractivity contribution >= 4 is 28.9 Å². The zero-order valence-electron chi connectivity index (χ0n) is 20.1. The van der Waals surface area contributed by atoms with E-state index in [1.54, 1.807) is 12.0 Å². The van der Waals surface area contributed by atoms with Gasteiger partial charge in [-0.3, -0.25) is 14.7 Å². The van der Waals surface area contributed by atoms with Gasteiger partial charge in [0.2, 0.25) is 0 Å². The zero-order valence-corrected chi connectivity index (χ0v) is 20.9. The van der Waals surface area contributed by atoms with Gasteiger partial charge in [0, 0.05) is 0 Å². The average Bonchev–Trinajstić information content (AvgIpc) is 3.14. The lowest BCUT2D eigenvalue weighted by Crippen LogP contribution is -2.28. The summed E-state index contributed by atoms with van der Waals surface area (Å²) in [5, 5.41) is 0.735. The molecule has 3 aromatic rings. The number of amides is 1. The van der Waals surface area contributed by atoms with E-state index < -0.39 is 0 Å². The van der Waals surface area contributed by atoms with Gasteiger partial charge in [0.05, 0.1) is 25.1 Å². The molecule has 4 nitrogen and oxygen atoms in total. The molecule has 0 atom stereocenters. The molecule has 3 aromatic carbocycles. The molecule has 0 spiro atoms. The second kappa shape index (κ2) is 10.7. The molecule has 0 saturated carbocycles. The number of carbonyl (C=O) groups is 1. The molecule has 5 heteroatoms. The van der Waals surface area contributed by atoms with E-state index in [9.17, 15) is 4.79 Å². The van der Waals surface area contributed by atoms with Gasteiger partial charge in [-0.05, 0) is 70.6 Å². The van der Waals surface area contributed by atoms with Crippen LogP contribution in [0.25, 0.3) is 6.08 Å². The number of aliphatic imine (C=N–C) groups is 1. The van der Waals surface area contributed by atoms with Crippen molar-refractivity contribution in [3.63, 3.8) is 0 Å². The standard InChI is InChI=1S/C29H30N2O2S/c1-20(2)25-16-24(21(3)15-26(25)33-4)17-27-28(32)31(19-23-13-9-6-10-14-23)29(34-27)30-18-22-11-7-5-8-12-22/h5-17,20H,18-19H2,1-4H3/b27-17-,30-29?. The molecule has 174 valence electrons. The third-order valence-corrected chi connectivity index (χ3v) is 6.88. The fraction of sp³-hybridized carbons (Fsp3) is 0.241. The number of hydrogen-bond donors (Lipinski definition) is 0. The number of methoxy groups -OCH3 is 1. The maximum Gasteiger partial charge on any atom is 0.267 e. The molecule has 1 fully saturated rings. The number of ether oxygens (including phenoxy) is 1. The topological polar surface area (TPSA) is 41.9 Å². The van der Waals surface area contributed by atoms with E-state index in [-0.39, 0.29) is 5.91 Å². The van der Waals surface area contributed by atoms with Crippen LogP contribution in [0.2, 0.25) is 0 Å². The van der Waals surface area contributed by atoms with Crippen molar-refractivity contribution in [3.05, 3.63) is 106 Å². The minimum Gasteiger partial charge on any atom is -0.496 e. The number of benzene rings is 3. The van der Waals surface area contributed by atoms with Gasteiger partial charge in [-0.25, -0.2) is 0 Å². The van der Waals surface area contributed by atoms with Crippen LogP contribution in [-0.2, 0) is 17.9 Å². The highest BCUT2D eigenvalue weighted by Gasteiger charge is 2.33. The lowest BCUT2D eigenvalue weighted by molar-refractivity contribution is -0.122. The minimum absolute atomic E-state index is 0.0121. The van der Waals surface area contributed by atoms with Crippen LogP contribution in [0.5, 0.6) is 5.75 Å². The van der Waals surface area contributed by atoms with E-state index in [1.807, 2.05) is 54.6 Å². The van der Waals surface area contributed by atoms with E-state index in [0.717, 1.165) is 38.7 Å². The van der Waals surface area contributed by atoms with Gasteiger partial charge in [-0.2, -0.15) is 0 Å².